The van der Waals surface area contributed by atoms with Crippen molar-refractivity contribution in [3.8, 4) is 0 Å². The minimum Gasteiger partial charge on any atom is -0.340 e. The van der Waals surface area contributed by atoms with E-state index in [1.165, 1.54) is 0 Å². The Bertz CT molecular complexity index is 481. The lowest BCUT2D eigenvalue weighted by molar-refractivity contribution is 0.770. The third-order valence-corrected chi connectivity index (χ3v) is 2.96. The maximum atomic E-state index is 4.61. The smallest absolute Gasteiger partial charge is 0.225 e. The summed E-state index contributed by atoms with van der Waals surface area (Å²) in [6.07, 6.45) is 3.00. The molecule has 0 radical (unpaired) electrons. The predicted octanol–water partition coefficient (Wildman–Crippen LogP) is 3.24. The second-order valence-electron chi connectivity index (χ2n) is 3.90. The summed E-state index contributed by atoms with van der Waals surface area (Å²) >= 11 is 3.47. The summed E-state index contributed by atoms with van der Waals surface area (Å²) in [6.45, 7) is 4.10. The zero-order valence-corrected chi connectivity index (χ0v) is 11.5. The van der Waals surface area contributed by atoms with Crippen LogP contribution in [-0.2, 0) is 0 Å². The zero-order chi connectivity index (χ0) is 12.1. The van der Waals surface area contributed by atoms with Crippen molar-refractivity contribution in [1.82, 2.24) is 9.97 Å². The molecule has 1 aromatic carbocycles. The Kier molecular flexibility index (Phi) is 4.31. The summed E-state index contributed by atoms with van der Waals surface area (Å²) < 4.78 is 0. The minimum atomic E-state index is 0.824. The second kappa shape index (κ2) is 5.96. The number of fused-ring (bicyclic) bond motifs is 1. The van der Waals surface area contributed by atoms with Crippen LogP contribution in [0.4, 0.5) is 5.95 Å². The molecule has 0 amide bonds. The van der Waals surface area contributed by atoms with Crippen LogP contribution >= 0.6 is 15.9 Å². The van der Waals surface area contributed by atoms with E-state index in [1.807, 2.05) is 30.5 Å². The molecule has 0 N–H and O–H groups in total. The van der Waals surface area contributed by atoms with Crippen molar-refractivity contribution >= 4 is 32.8 Å². The summed E-state index contributed by atoms with van der Waals surface area (Å²) in [5.74, 6) is 0.824. The number of halogens is 1. The van der Waals surface area contributed by atoms with Gasteiger partial charge in [0, 0.05) is 30.0 Å². The van der Waals surface area contributed by atoms with Gasteiger partial charge in [-0.3, -0.25) is 0 Å². The molecule has 0 bridgehead atoms. The van der Waals surface area contributed by atoms with Crippen LogP contribution in [-0.4, -0.2) is 28.4 Å². The Hall–Kier alpha value is -1.16. The van der Waals surface area contributed by atoms with Gasteiger partial charge in [-0.25, -0.2) is 9.97 Å². The van der Waals surface area contributed by atoms with E-state index in [4.69, 9.17) is 0 Å². The molecule has 2 aromatic rings. The lowest BCUT2D eigenvalue weighted by Gasteiger charge is -2.20. The molecule has 0 saturated carbocycles. The van der Waals surface area contributed by atoms with Gasteiger partial charge in [0.1, 0.15) is 0 Å². The van der Waals surface area contributed by atoms with Crippen molar-refractivity contribution in [3.63, 3.8) is 0 Å². The van der Waals surface area contributed by atoms with E-state index in [0.29, 0.717) is 0 Å². The van der Waals surface area contributed by atoms with Crippen molar-refractivity contribution in [2.75, 3.05) is 23.3 Å². The van der Waals surface area contributed by atoms with Gasteiger partial charge >= 0.3 is 0 Å². The minimum absolute atomic E-state index is 0.824. The largest absolute Gasteiger partial charge is 0.340 e. The first kappa shape index (κ1) is 12.3. The van der Waals surface area contributed by atoms with Gasteiger partial charge in [0.05, 0.1) is 5.52 Å². The molecule has 0 unspecified atom stereocenters. The Labute approximate surface area is 110 Å². The lowest BCUT2D eigenvalue weighted by Crippen LogP contribution is -2.28. The first-order chi connectivity index (χ1) is 8.35. The van der Waals surface area contributed by atoms with Crippen molar-refractivity contribution in [2.45, 2.75) is 13.3 Å². The van der Waals surface area contributed by atoms with E-state index in [0.717, 1.165) is 41.7 Å². The average Bonchev–Trinajstić information content (AvgIpc) is 2.38. The van der Waals surface area contributed by atoms with Gasteiger partial charge in [-0.2, -0.15) is 0 Å². The molecule has 0 spiro atoms. The average molecular weight is 294 g/mol. The quantitative estimate of drug-likeness (QED) is 0.793. The maximum Gasteiger partial charge on any atom is 0.225 e. The molecule has 3 nitrogen and oxygen atoms in total. The van der Waals surface area contributed by atoms with E-state index in [2.05, 4.69) is 37.7 Å². The monoisotopic (exact) mass is 293 g/mol. The van der Waals surface area contributed by atoms with Crippen molar-refractivity contribution in [2.24, 2.45) is 0 Å². The molecule has 0 aliphatic heterocycles. The SMILES string of the molecule is CCCN(CCBr)c1ncc2ccccc2n1. The number of hydrogen-bond acceptors (Lipinski definition) is 3. The number of nitrogens with zero attached hydrogens (tertiary/aromatic N) is 3. The fourth-order valence-electron chi connectivity index (χ4n) is 1.80. The number of benzene rings is 1. The van der Waals surface area contributed by atoms with Gasteiger partial charge in [-0.05, 0) is 12.5 Å². The van der Waals surface area contributed by atoms with Crippen molar-refractivity contribution < 1.29 is 0 Å². The summed E-state index contributed by atoms with van der Waals surface area (Å²) in [4.78, 5) is 11.3. The van der Waals surface area contributed by atoms with Gasteiger partial charge in [-0.1, -0.05) is 41.1 Å². The van der Waals surface area contributed by atoms with Crippen LogP contribution in [0.2, 0.25) is 0 Å². The molecule has 0 aliphatic rings. The van der Waals surface area contributed by atoms with Gasteiger partial charge in [-0.15, -0.1) is 0 Å². The van der Waals surface area contributed by atoms with Crippen LogP contribution in [0, 0.1) is 0 Å². The molecular formula is C13H16BrN3. The predicted molar refractivity (Wildman–Crippen MR) is 75.8 cm³/mol. The molecule has 1 aromatic heterocycles. The van der Waals surface area contributed by atoms with E-state index in [1.54, 1.807) is 0 Å². The molecule has 90 valence electrons. The van der Waals surface area contributed by atoms with E-state index >= 15 is 0 Å². The zero-order valence-electron chi connectivity index (χ0n) is 9.93. The highest BCUT2D eigenvalue weighted by atomic mass is 79.9. The van der Waals surface area contributed by atoms with Crippen molar-refractivity contribution in [3.05, 3.63) is 30.5 Å². The van der Waals surface area contributed by atoms with Crippen LogP contribution in [0.5, 0.6) is 0 Å². The summed E-state index contributed by atoms with van der Waals surface area (Å²) in [7, 11) is 0. The van der Waals surface area contributed by atoms with Crippen LogP contribution in [0.3, 0.4) is 0 Å². The van der Waals surface area contributed by atoms with Crippen LogP contribution in [0.1, 0.15) is 13.3 Å². The third-order valence-electron chi connectivity index (χ3n) is 2.61. The van der Waals surface area contributed by atoms with Crippen molar-refractivity contribution in [1.29, 1.82) is 0 Å². The fourth-order valence-corrected chi connectivity index (χ4v) is 2.23. The van der Waals surface area contributed by atoms with Crippen LogP contribution in [0.25, 0.3) is 10.9 Å². The highest BCUT2D eigenvalue weighted by Crippen LogP contribution is 2.15. The molecule has 17 heavy (non-hydrogen) atoms. The van der Waals surface area contributed by atoms with Gasteiger partial charge < -0.3 is 4.90 Å². The van der Waals surface area contributed by atoms with E-state index < -0.39 is 0 Å². The number of alkyl halides is 1. The Balaban J connectivity index is 2.32. The van der Waals surface area contributed by atoms with E-state index in [9.17, 15) is 0 Å². The van der Waals surface area contributed by atoms with E-state index in [-0.39, 0.29) is 0 Å². The third kappa shape index (κ3) is 2.94. The maximum absolute atomic E-state index is 4.61. The normalized spacial score (nSPS) is 10.7. The first-order valence-electron chi connectivity index (χ1n) is 5.88. The molecule has 0 fully saturated rings. The second-order valence-corrected chi connectivity index (χ2v) is 4.70. The first-order valence-corrected chi connectivity index (χ1v) is 7.00. The van der Waals surface area contributed by atoms with Gasteiger partial charge in [0.15, 0.2) is 0 Å². The number of hydrogen-bond donors (Lipinski definition) is 0. The Morgan fingerprint density at radius 2 is 2.06 bits per heavy atom. The summed E-state index contributed by atoms with van der Waals surface area (Å²) in [5, 5.41) is 2.02. The number of rotatable bonds is 5. The Morgan fingerprint density at radius 3 is 2.82 bits per heavy atom. The summed E-state index contributed by atoms with van der Waals surface area (Å²) in [6, 6.07) is 8.08. The molecule has 2 rings (SSSR count). The molecule has 1 heterocycles. The topological polar surface area (TPSA) is 29.0 Å². The molecule has 0 saturated heterocycles. The fraction of sp³-hybridized carbons (Fsp3) is 0.385. The summed E-state index contributed by atoms with van der Waals surface area (Å²) in [5.41, 5.74) is 1.01. The molecular weight excluding hydrogens is 278 g/mol. The van der Waals surface area contributed by atoms with Crippen LogP contribution in [0.15, 0.2) is 30.5 Å². The number of aromatic nitrogens is 2. The Morgan fingerprint density at radius 1 is 1.24 bits per heavy atom. The van der Waals surface area contributed by atoms with Gasteiger partial charge in [0.25, 0.3) is 0 Å². The number of para-hydroxylation sites is 1. The standard InChI is InChI=1S/C13H16BrN3/c1-2-8-17(9-7-14)13-15-10-11-5-3-4-6-12(11)16-13/h3-6,10H,2,7-9H2,1H3. The highest BCUT2D eigenvalue weighted by molar-refractivity contribution is 9.09. The van der Waals surface area contributed by atoms with Gasteiger partial charge in [0.2, 0.25) is 5.95 Å². The van der Waals surface area contributed by atoms with Crippen LogP contribution < -0.4 is 4.90 Å². The lowest BCUT2D eigenvalue weighted by atomic mass is 10.2. The molecule has 0 atom stereocenters. The molecule has 4 heteroatoms. The number of anilines is 1. The highest BCUT2D eigenvalue weighted by Gasteiger charge is 2.08. The molecule has 0 aliphatic carbocycles.